The lowest BCUT2D eigenvalue weighted by Gasteiger charge is -2.04. The van der Waals surface area contributed by atoms with E-state index < -0.39 is 12.6 Å². The molecule has 0 fully saturated rings. The Morgan fingerprint density at radius 1 is 1.25 bits per heavy atom. The number of aromatic nitrogens is 1. The highest BCUT2D eigenvalue weighted by molar-refractivity contribution is 5.04. The number of pyridine rings is 1. The molecule has 0 aliphatic carbocycles. The summed E-state index contributed by atoms with van der Waals surface area (Å²) in [5, 5.41) is 0. The van der Waals surface area contributed by atoms with Gasteiger partial charge >= 0.3 is 0 Å². The van der Waals surface area contributed by atoms with Gasteiger partial charge in [0.1, 0.15) is 0 Å². The quantitative estimate of drug-likeness (QED) is 0.686. The maximum atomic E-state index is 12.4. The van der Waals surface area contributed by atoms with Crippen molar-refractivity contribution >= 4 is 0 Å². The smallest absolute Gasteiger partial charge is 0.261 e. The summed E-state index contributed by atoms with van der Waals surface area (Å²) in [6, 6.07) is 4.81. The minimum Gasteiger partial charge on any atom is -0.261 e. The van der Waals surface area contributed by atoms with Crippen LogP contribution < -0.4 is 0 Å². The minimum absolute atomic E-state index is 0.321. The van der Waals surface area contributed by atoms with E-state index in [1.54, 1.807) is 12.1 Å². The van der Waals surface area contributed by atoms with Crippen LogP contribution in [0.1, 0.15) is 5.69 Å². The highest BCUT2D eigenvalue weighted by Crippen LogP contribution is 2.10. The first-order valence-corrected chi connectivity index (χ1v) is 3.52. The first-order chi connectivity index (χ1) is 5.70. The lowest BCUT2D eigenvalue weighted by Crippen LogP contribution is -2.15. The van der Waals surface area contributed by atoms with Crippen molar-refractivity contribution in [2.45, 2.75) is 19.0 Å². The minimum atomic E-state index is -2.92. The normalized spacial score (nSPS) is 13.3. The van der Waals surface area contributed by atoms with Crippen LogP contribution in [0.5, 0.6) is 0 Å². The monoisotopic (exact) mass is 175 g/mol. The van der Waals surface area contributed by atoms with Crippen molar-refractivity contribution in [2.24, 2.45) is 0 Å². The largest absolute Gasteiger partial charge is 0.269 e. The molecule has 0 amide bonds. The van der Waals surface area contributed by atoms with Gasteiger partial charge in [-0.2, -0.15) is 0 Å². The van der Waals surface area contributed by atoms with Gasteiger partial charge in [0.25, 0.3) is 6.43 Å². The molecule has 12 heavy (non-hydrogen) atoms. The molecule has 1 aromatic heterocycles. The fraction of sp³-hybridized carbons (Fsp3) is 0.375. The van der Waals surface area contributed by atoms with Crippen LogP contribution in [0.25, 0.3) is 0 Å². The molecule has 0 aromatic carbocycles. The van der Waals surface area contributed by atoms with E-state index >= 15 is 0 Å². The molecule has 1 heterocycles. The van der Waals surface area contributed by atoms with Crippen molar-refractivity contribution in [2.75, 3.05) is 0 Å². The van der Waals surface area contributed by atoms with E-state index in [1.807, 2.05) is 0 Å². The molecule has 1 aromatic rings. The zero-order valence-electron chi connectivity index (χ0n) is 6.25. The highest BCUT2D eigenvalue weighted by atomic mass is 19.3. The van der Waals surface area contributed by atoms with Crippen molar-refractivity contribution in [1.82, 2.24) is 4.98 Å². The number of rotatable bonds is 3. The zero-order valence-corrected chi connectivity index (χ0v) is 6.25. The van der Waals surface area contributed by atoms with Crippen LogP contribution in [0.2, 0.25) is 0 Å². The van der Waals surface area contributed by atoms with Crippen molar-refractivity contribution in [3.63, 3.8) is 0 Å². The van der Waals surface area contributed by atoms with E-state index in [9.17, 15) is 13.2 Å². The standard InChI is InChI=1S/C8H8F3N/c9-7(8(10)11)5-6-3-1-2-4-12-6/h1-4,7-8H,5H2. The molecule has 0 N–H and O–H groups in total. The summed E-state index contributed by atoms with van der Waals surface area (Å²) in [6.07, 6.45) is -3.90. The Kier molecular flexibility index (Phi) is 3.08. The molecule has 1 atom stereocenters. The molecule has 0 radical (unpaired) electrons. The van der Waals surface area contributed by atoms with Crippen LogP contribution in [0.4, 0.5) is 13.2 Å². The van der Waals surface area contributed by atoms with Gasteiger partial charge in [-0.15, -0.1) is 0 Å². The Morgan fingerprint density at radius 3 is 2.50 bits per heavy atom. The number of hydrogen-bond acceptors (Lipinski definition) is 1. The maximum absolute atomic E-state index is 12.4. The molecule has 0 saturated carbocycles. The van der Waals surface area contributed by atoms with Crippen molar-refractivity contribution in [1.29, 1.82) is 0 Å². The van der Waals surface area contributed by atoms with Crippen LogP contribution in [-0.2, 0) is 6.42 Å². The van der Waals surface area contributed by atoms with Crippen molar-refractivity contribution in [3.05, 3.63) is 30.1 Å². The van der Waals surface area contributed by atoms with Gasteiger partial charge in [-0.1, -0.05) is 6.07 Å². The fourth-order valence-corrected chi connectivity index (χ4v) is 0.808. The summed E-state index contributed by atoms with van der Waals surface area (Å²) in [6.45, 7) is 0. The van der Waals surface area contributed by atoms with Crippen molar-refractivity contribution in [3.8, 4) is 0 Å². The predicted molar refractivity (Wildman–Crippen MR) is 38.8 cm³/mol. The van der Waals surface area contributed by atoms with Gasteiger partial charge in [-0.05, 0) is 12.1 Å². The number of halogens is 3. The van der Waals surface area contributed by atoms with Gasteiger partial charge < -0.3 is 0 Å². The van der Waals surface area contributed by atoms with Gasteiger partial charge in [-0.25, -0.2) is 13.2 Å². The Labute approximate surface area is 68.2 Å². The molecule has 66 valence electrons. The summed E-state index contributed by atoms with van der Waals surface area (Å²) in [5.41, 5.74) is 0.352. The van der Waals surface area contributed by atoms with E-state index in [0.29, 0.717) is 5.69 Å². The number of nitrogens with zero attached hydrogens (tertiary/aromatic N) is 1. The second-order valence-electron chi connectivity index (χ2n) is 2.38. The third-order valence-corrected chi connectivity index (χ3v) is 1.40. The second kappa shape index (κ2) is 4.09. The third kappa shape index (κ3) is 2.53. The number of hydrogen-bond donors (Lipinski definition) is 0. The summed E-state index contributed by atoms with van der Waals surface area (Å²) in [4.78, 5) is 3.73. The molecule has 1 rings (SSSR count). The van der Waals surface area contributed by atoms with Gasteiger partial charge in [0.05, 0.1) is 0 Å². The Balaban J connectivity index is 2.53. The van der Waals surface area contributed by atoms with Crippen LogP contribution in [-0.4, -0.2) is 17.6 Å². The van der Waals surface area contributed by atoms with Gasteiger partial charge in [0.15, 0.2) is 6.17 Å². The molecular formula is C8H8F3N. The molecule has 0 bridgehead atoms. The van der Waals surface area contributed by atoms with Crippen LogP contribution >= 0.6 is 0 Å². The average molecular weight is 175 g/mol. The average Bonchev–Trinajstić information content (AvgIpc) is 2.06. The van der Waals surface area contributed by atoms with Crippen LogP contribution in [0.15, 0.2) is 24.4 Å². The van der Waals surface area contributed by atoms with E-state index in [2.05, 4.69) is 4.98 Å². The summed E-state index contributed by atoms with van der Waals surface area (Å²) < 4.78 is 35.8. The van der Waals surface area contributed by atoms with Crippen LogP contribution in [0.3, 0.4) is 0 Å². The van der Waals surface area contributed by atoms with Gasteiger partial charge in [-0.3, -0.25) is 4.98 Å². The van der Waals surface area contributed by atoms with E-state index in [0.717, 1.165) is 0 Å². The van der Waals surface area contributed by atoms with Crippen molar-refractivity contribution < 1.29 is 13.2 Å². The first-order valence-electron chi connectivity index (χ1n) is 3.52. The Morgan fingerprint density at radius 2 is 2.00 bits per heavy atom. The predicted octanol–water partition coefficient (Wildman–Crippen LogP) is 2.23. The van der Waals surface area contributed by atoms with E-state index in [1.165, 1.54) is 12.3 Å². The Hall–Kier alpha value is -1.06. The SMILES string of the molecule is FC(F)C(F)Cc1ccccn1. The van der Waals surface area contributed by atoms with Crippen LogP contribution in [0, 0.1) is 0 Å². The molecule has 1 unspecified atom stereocenters. The summed E-state index contributed by atoms with van der Waals surface area (Å²) >= 11 is 0. The Bertz CT molecular complexity index is 225. The topological polar surface area (TPSA) is 12.9 Å². The maximum Gasteiger partial charge on any atom is 0.269 e. The van der Waals surface area contributed by atoms with E-state index in [4.69, 9.17) is 0 Å². The lowest BCUT2D eigenvalue weighted by atomic mass is 10.2. The molecule has 4 heteroatoms. The molecule has 0 aliphatic heterocycles. The molecule has 0 saturated heterocycles. The summed E-state index contributed by atoms with van der Waals surface area (Å²) in [5.74, 6) is 0. The molecule has 0 spiro atoms. The molecule has 1 nitrogen and oxygen atoms in total. The fourth-order valence-electron chi connectivity index (χ4n) is 0.808. The second-order valence-corrected chi connectivity index (χ2v) is 2.38. The summed E-state index contributed by atoms with van der Waals surface area (Å²) in [7, 11) is 0. The van der Waals surface area contributed by atoms with E-state index in [-0.39, 0.29) is 6.42 Å². The lowest BCUT2D eigenvalue weighted by molar-refractivity contribution is 0.0498. The highest BCUT2D eigenvalue weighted by Gasteiger charge is 2.19. The molecule has 0 aliphatic rings. The first kappa shape index (κ1) is 9.03. The third-order valence-electron chi connectivity index (χ3n) is 1.40. The van der Waals surface area contributed by atoms with Gasteiger partial charge in [0.2, 0.25) is 0 Å². The zero-order chi connectivity index (χ0) is 8.97. The number of alkyl halides is 3. The molecular weight excluding hydrogens is 167 g/mol. The van der Waals surface area contributed by atoms with Gasteiger partial charge in [0, 0.05) is 18.3 Å².